The molecule has 0 saturated carbocycles. The quantitative estimate of drug-likeness (QED) is 0.668. The van der Waals surface area contributed by atoms with Crippen molar-refractivity contribution in [1.29, 1.82) is 0 Å². The van der Waals surface area contributed by atoms with Crippen molar-refractivity contribution in [3.05, 3.63) is 11.7 Å². The fourth-order valence-electron chi connectivity index (χ4n) is 0.798. The van der Waals surface area contributed by atoms with Crippen molar-refractivity contribution in [1.82, 2.24) is 15.0 Å². The molecule has 0 unspecified atom stereocenters. The van der Waals surface area contributed by atoms with Crippen molar-refractivity contribution in [3.8, 4) is 0 Å². The standard InChI is InChI=1S/C7H14N4O/c1-11(2)4-3-6-9-7(5-8)12-10-6/h3-5,8H2,1-2H3. The first-order valence-electron chi connectivity index (χ1n) is 3.88. The Morgan fingerprint density at radius 1 is 1.50 bits per heavy atom. The molecule has 1 rings (SSSR count). The summed E-state index contributed by atoms with van der Waals surface area (Å²) in [7, 11) is 4.01. The third-order valence-electron chi connectivity index (χ3n) is 1.47. The molecule has 1 aromatic heterocycles. The van der Waals surface area contributed by atoms with Gasteiger partial charge >= 0.3 is 0 Å². The van der Waals surface area contributed by atoms with Crippen molar-refractivity contribution >= 4 is 0 Å². The van der Waals surface area contributed by atoms with Crippen molar-refractivity contribution in [3.63, 3.8) is 0 Å². The van der Waals surface area contributed by atoms with Crippen LogP contribution in [0, 0.1) is 0 Å². The zero-order valence-electron chi connectivity index (χ0n) is 7.45. The first kappa shape index (κ1) is 9.15. The smallest absolute Gasteiger partial charge is 0.240 e. The van der Waals surface area contributed by atoms with Gasteiger partial charge < -0.3 is 15.2 Å². The predicted octanol–water partition coefficient (Wildman–Crippen LogP) is -0.368. The highest BCUT2D eigenvalue weighted by Gasteiger charge is 2.03. The molecule has 0 atom stereocenters. The third-order valence-corrected chi connectivity index (χ3v) is 1.47. The Hall–Kier alpha value is -0.940. The van der Waals surface area contributed by atoms with E-state index in [1.165, 1.54) is 0 Å². The van der Waals surface area contributed by atoms with E-state index in [-0.39, 0.29) is 0 Å². The number of aromatic nitrogens is 2. The second-order valence-electron chi connectivity index (χ2n) is 2.86. The fourth-order valence-corrected chi connectivity index (χ4v) is 0.798. The number of nitrogens with zero attached hydrogens (tertiary/aromatic N) is 3. The Bertz CT molecular complexity index is 233. The topological polar surface area (TPSA) is 68.2 Å². The van der Waals surface area contributed by atoms with Crippen LogP contribution in [0.1, 0.15) is 11.7 Å². The summed E-state index contributed by atoms with van der Waals surface area (Å²) in [6.07, 6.45) is 0.802. The largest absolute Gasteiger partial charge is 0.338 e. The van der Waals surface area contributed by atoms with E-state index >= 15 is 0 Å². The molecule has 5 nitrogen and oxygen atoms in total. The zero-order chi connectivity index (χ0) is 8.97. The number of hydrogen-bond acceptors (Lipinski definition) is 5. The van der Waals surface area contributed by atoms with Gasteiger partial charge in [0.15, 0.2) is 5.82 Å². The molecule has 0 aliphatic rings. The molecule has 0 spiro atoms. The van der Waals surface area contributed by atoms with Crippen LogP contribution in [0.2, 0.25) is 0 Å². The number of likely N-dealkylation sites (N-methyl/N-ethyl adjacent to an activating group) is 1. The van der Waals surface area contributed by atoms with Crippen LogP contribution >= 0.6 is 0 Å². The molecule has 5 heteroatoms. The SMILES string of the molecule is CN(C)CCc1noc(CN)n1. The monoisotopic (exact) mass is 170 g/mol. The van der Waals surface area contributed by atoms with Crippen LogP contribution in [-0.4, -0.2) is 35.7 Å². The molecule has 2 N–H and O–H groups in total. The van der Waals surface area contributed by atoms with E-state index in [1.54, 1.807) is 0 Å². The molecule has 0 aliphatic carbocycles. The van der Waals surface area contributed by atoms with E-state index in [1.807, 2.05) is 14.1 Å². The second-order valence-corrected chi connectivity index (χ2v) is 2.86. The number of hydrogen-bond donors (Lipinski definition) is 1. The van der Waals surface area contributed by atoms with Gasteiger partial charge in [0.2, 0.25) is 5.89 Å². The lowest BCUT2D eigenvalue weighted by Gasteiger charge is -2.05. The lowest BCUT2D eigenvalue weighted by molar-refractivity contribution is 0.367. The minimum atomic E-state index is 0.314. The van der Waals surface area contributed by atoms with Gasteiger partial charge in [-0.3, -0.25) is 0 Å². The summed E-state index contributed by atoms with van der Waals surface area (Å²) in [5.41, 5.74) is 5.31. The zero-order valence-corrected chi connectivity index (χ0v) is 7.45. The number of nitrogens with two attached hydrogens (primary N) is 1. The van der Waals surface area contributed by atoms with Gasteiger partial charge in [0, 0.05) is 13.0 Å². The van der Waals surface area contributed by atoms with E-state index in [2.05, 4.69) is 15.0 Å². The van der Waals surface area contributed by atoms with E-state index in [4.69, 9.17) is 10.3 Å². The van der Waals surface area contributed by atoms with E-state index in [0.29, 0.717) is 12.4 Å². The van der Waals surface area contributed by atoms with Gasteiger partial charge in [-0.25, -0.2) is 0 Å². The lowest BCUT2D eigenvalue weighted by Crippen LogP contribution is -2.15. The summed E-state index contributed by atoms with van der Waals surface area (Å²) in [4.78, 5) is 6.14. The van der Waals surface area contributed by atoms with Crippen LogP contribution < -0.4 is 5.73 Å². The molecule has 0 saturated heterocycles. The van der Waals surface area contributed by atoms with Gasteiger partial charge in [-0.05, 0) is 14.1 Å². The maximum Gasteiger partial charge on any atom is 0.240 e. The van der Waals surface area contributed by atoms with E-state index in [9.17, 15) is 0 Å². The Labute approximate surface area is 71.5 Å². The Morgan fingerprint density at radius 3 is 2.75 bits per heavy atom. The van der Waals surface area contributed by atoms with Crippen LogP contribution in [-0.2, 0) is 13.0 Å². The summed E-state index contributed by atoms with van der Waals surface area (Å²) < 4.78 is 4.84. The second kappa shape index (κ2) is 4.18. The highest BCUT2D eigenvalue weighted by atomic mass is 16.5. The average Bonchev–Trinajstić information content (AvgIpc) is 2.48. The van der Waals surface area contributed by atoms with Crippen LogP contribution in [0.5, 0.6) is 0 Å². The molecule has 1 aromatic rings. The molecule has 0 radical (unpaired) electrons. The molecule has 0 aromatic carbocycles. The van der Waals surface area contributed by atoms with E-state index < -0.39 is 0 Å². The van der Waals surface area contributed by atoms with Crippen molar-refractivity contribution in [2.45, 2.75) is 13.0 Å². The van der Waals surface area contributed by atoms with Crippen molar-refractivity contribution < 1.29 is 4.52 Å². The van der Waals surface area contributed by atoms with Gasteiger partial charge in [0.1, 0.15) is 0 Å². The van der Waals surface area contributed by atoms with Gasteiger partial charge in [0.25, 0.3) is 0 Å². The lowest BCUT2D eigenvalue weighted by atomic mass is 10.4. The van der Waals surface area contributed by atoms with Crippen molar-refractivity contribution in [2.75, 3.05) is 20.6 Å². The number of rotatable bonds is 4. The molecule has 0 bridgehead atoms. The minimum Gasteiger partial charge on any atom is -0.338 e. The molecular weight excluding hydrogens is 156 g/mol. The highest BCUT2D eigenvalue weighted by Crippen LogP contribution is 1.96. The first-order valence-corrected chi connectivity index (χ1v) is 3.88. The Balaban J connectivity index is 2.41. The van der Waals surface area contributed by atoms with Crippen LogP contribution in [0.15, 0.2) is 4.52 Å². The van der Waals surface area contributed by atoms with E-state index in [0.717, 1.165) is 18.8 Å². The molecular formula is C7H14N4O. The van der Waals surface area contributed by atoms with Gasteiger partial charge in [-0.1, -0.05) is 5.16 Å². The van der Waals surface area contributed by atoms with Gasteiger partial charge in [-0.15, -0.1) is 0 Å². The third kappa shape index (κ3) is 2.60. The summed E-state index contributed by atoms with van der Waals surface area (Å²) in [5, 5.41) is 3.77. The Kier molecular flexibility index (Phi) is 3.19. The molecule has 1 heterocycles. The molecule has 0 amide bonds. The molecule has 0 fully saturated rings. The first-order chi connectivity index (χ1) is 5.72. The van der Waals surface area contributed by atoms with Crippen LogP contribution in [0.25, 0.3) is 0 Å². The molecule has 12 heavy (non-hydrogen) atoms. The summed E-state index contributed by atoms with van der Waals surface area (Å²) in [6, 6.07) is 0. The summed E-state index contributed by atoms with van der Waals surface area (Å²) >= 11 is 0. The maximum atomic E-state index is 5.31. The van der Waals surface area contributed by atoms with Crippen LogP contribution in [0.3, 0.4) is 0 Å². The fraction of sp³-hybridized carbons (Fsp3) is 0.714. The van der Waals surface area contributed by atoms with Crippen LogP contribution in [0.4, 0.5) is 0 Å². The predicted molar refractivity (Wildman–Crippen MR) is 44.4 cm³/mol. The summed E-state index contributed by atoms with van der Waals surface area (Å²) in [6.45, 7) is 1.23. The normalized spacial score (nSPS) is 11.0. The average molecular weight is 170 g/mol. The minimum absolute atomic E-state index is 0.314. The van der Waals surface area contributed by atoms with Gasteiger partial charge in [0.05, 0.1) is 6.54 Å². The van der Waals surface area contributed by atoms with Gasteiger partial charge in [-0.2, -0.15) is 4.98 Å². The molecule has 0 aliphatic heterocycles. The highest BCUT2D eigenvalue weighted by molar-refractivity contribution is 4.85. The summed E-state index contributed by atoms with van der Waals surface area (Å²) in [5.74, 6) is 1.23. The molecule has 68 valence electrons. The Morgan fingerprint density at radius 2 is 2.25 bits per heavy atom. The maximum absolute atomic E-state index is 5.31. The van der Waals surface area contributed by atoms with Crippen molar-refractivity contribution in [2.24, 2.45) is 5.73 Å².